The molecule has 0 saturated carbocycles. The Morgan fingerprint density at radius 2 is 2.12 bits per heavy atom. The molecule has 1 unspecified atom stereocenters. The molecule has 94 valence electrons. The van der Waals surface area contributed by atoms with Gasteiger partial charge in [-0.15, -0.1) is 0 Å². The average Bonchev–Trinajstić information content (AvgIpc) is 2.35. The molecule has 0 spiro atoms. The fourth-order valence-electron chi connectivity index (χ4n) is 2.57. The van der Waals surface area contributed by atoms with Gasteiger partial charge in [-0.25, -0.2) is 8.78 Å². The molecular formula is C13H18F2N2. The van der Waals surface area contributed by atoms with Crippen LogP contribution in [-0.2, 0) is 0 Å². The van der Waals surface area contributed by atoms with Gasteiger partial charge in [-0.05, 0) is 37.8 Å². The molecular weight excluding hydrogens is 222 g/mol. The average molecular weight is 240 g/mol. The van der Waals surface area contributed by atoms with Gasteiger partial charge in [-0.3, -0.25) is 0 Å². The third-order valence-electron chi connectivity index (χ3n) is 3.49. The molecule has 2 nitrogen and oxygen atoms in total. The van der Waals surface area contributed by atoms with Crippen LogP contribution < -0.4 is 10.6 Å². The van der Waals surface area contributed by atoms with E-state index in [2.05, 4.69) is 6.92 Å². The molecule has 4 heteroatoms. The van der Waals surface area contributed by atoms with Crippen molar-refractivity contribution in [3.63, 3.8) is 0 Å². The molecule has 1 saturated heterocycles. The SMILES string of the molecule is CCC1CCCCN1c1c(N)ccc(F)c1F. The Bertz CT molecular complexity index is 407. The van der Waals surface area contributed by atoms with Crippen molar-refractivity contribution in [2.45, 2.75) is 38.6 Å². The lowest BCUT2D eigenvalue weighted by molar-refractivity contribution is 0.436. The molecule has 0 bridgehead atoms. The highest BCUT2D eigenvalue weighted by atomic mass is 19.2. The van der Waals surface area contributed by atoms with E-state index < -0.39 is 11.6 Å². The molecule has 0 amide bonds. The van der Waals surface area contributed by atoms with Crippen LogP contribution in [0.4, 0.5) is 20.2 Å². The highest BCUT2D eigenvalue weighted by Gasteiger charge is 2.26. The fourth-order valence-corrected chi connectivity index (χ4v) is 2.57. The van der Waals surface area contributed by atoms with Gasteiger partial charge >= 0.3 is 0 Å². The molecule has 0 radical (unpaired) electrons. The van der Waals surface area contributed by atoms with E-state index in [1.165, 1.54) is 6.07 Å². The first-order valence-corrected chi connectivity index (χ1v) is 6.15. The van der Waals surface area contributed by atoms with Crippen molar-refractivity contribution < 1.29 is 8.78 Å². The standard InChI is InChI=1S/C13H18F2N2/c1-2-9-5-3-4-8-17(9)13-11(16)7-6-10(14)12(13)15/h6-7,9H,2-5,8,16H2,1H3. The van der Waals surface area contributed by atoms with E-state index in [1.807, 2.05) is 4.90 Å². The van der Waals surface area contributed by atoms with Gasteiger partial charge in [0.2, 0.25) is 0 Å². The quantitative estimate of drug-likeness (QED) is 0.803. The van der Waals surface area contributed by atoms with Crippen LogP contribution in [0.3, 0.4) is 0 Å². The monoisotopic (exact) mass is 240 g/mol. The topological polar surface area (TPSA) is 29.3 Å². The zero-order valence-corrected chi connectivity index (χ0v) is 10.0. The number of piperidine rings is 1. The molecule has 1 heterocycles. The minimum absolute atomic E-state index is 0.247. The van der Waals surface area contributed by atoms with Crippen molar-refractivity contribution in [3.05, 3.63) is 23.8 Å². The highest BCUT2D eigenvalue weighted by molar-refractivity contribution is 5.69. The molecule has 0 aromatic heterocycles. The Morgan fingerprint density at radius 1 is 1.35 bits per heavy atom. The molecule has 2 N–H and O–H groups in total. The minimum atomic E-state index is -0.824. The van der Waals surface area contributed by atoms with Crippen LogP contribution in [0.25, 0.3) is 0 Å². The van der Waals surface area contributed by atoms with Gasteiger partial charge in [-0.1, -0.05) is 6.92 Å². The molecule has 1 atom stereocenters. The van der Waals surface area contributed by atoms with Crippen molar-refractivity contribution in [3.8, 4) is 0 Å². The number of nitrogens with two attached hydrogens (primary N) is 1. The maximum atomic E-state index is 13.9. The van der Waals surface area contributed by atoms with Gasteiger partial charge in [0, 0.05) is 12.6 Å². The van der Waals surface area contributed by atoms with E-state index in [0.717, 1.165) is 38.3 Å². The summed E-state index contributed by atoms with van der Waals surface area (Å²) < 4.78 is 27.1. The normalized spacial score (nSPS) is 20.6. The van der Waals surface area contributed by atoms with Gasteiger partial charge in [0.1, 0.15) is 0 Å². The van der Waals surface area contributed by atoms with Crippen LogP contribution in [0.15, 0.2) is 12.1 Å². The van der Waals surface area contributed by atoms with Crippen molar-refractivity contribution in [1.82, 2.24) is 0 Å². The van der Waals surface area contributed by atoms with E-state index in [-0.39, 0.29) is 11.7 Å². The molecule has 1 aliphatic heterocycles. The first kappa shape index (κ1) is 12.1. The van der Waals surface area contributed by atoms with E-state index >= 15 is 0 Å². The summed E-state index contributed by atoms with van der Waals surface area (Å²) in [5, 5.41) is 0. The smallest absolute Gasteiger partial charge is 0.184 e. The molecule has 17 heavy (non-hydrogen) atoms. The fraction of sp³-hybridized carbons (Fsp3) is 0.538. The highest BCUT2D eigenvalue weighted by Crippen LogP contribution is 2.34. The summed E-state index contributed by atoms with van der Waals surface area (Å²) in [6.07, 6.45) is 4.10. The molecule has 1 aromatic carbocycles. The zero-order valence-electron chi connectivity index (χ0n) is 10.0. The van der Waals surface area contributed by atoms with Crippen molar-refractivity contribution in [2.24, 2.45) is 0 Å². The van der Waals surface area contributed by atoms with E-state index in [9.17, 15) is 8.78 Å². The van der Waals surface area contributed by atoms with Gasteiger partial charge in [0.05, 0.1) is 11.4 Å². The summed E-state index contributed by atoms with van der Waals surface area (Å²) in [5.74, 6) is -1.64. The summed E-state index contributed by atoms with van der Waals surface area (Å²) in [6.45, 7) is 2.82. The largest absolute Gasteiger partial charge is 0.397 e. The van der Waals surface area contributed by atoms with Crippen molar-refractivity contribution in [1.29, 1.82) is 0 Å². The summed E-state index contributed by atoms with van der Waals surface area (Å²) in [5.41, 5.74) is 6.36. The lowest BCUT2D eigenvalue weighted by atomic mass is 9.98. The molecule has 1 aliphatic rings. The molecule has 1 aromatic rings. The second kappa shape index (κ2) is 4.90. The van der Waals surface area contributed by atoms with Crippen LogP contribution in [0.2, 0.25) is 0 Å². The number of hydrogen-bond acceptors (Lipinski definition) is 2. The maximum Gasteiger partial charge on any atom is 0.184 e. The Morgan fingerprint density at radius 3 is 2.82 bits per heavy atom. The summed E-state index contributed by atoms with van der Waals surface area (Å²) in [7, 11) is 0. The zero-order chi connectivity index (χ0) is 12.4. The van der Waals surface area contributed by atoms with E-state index in [0.29, 0.717) is 5.69 Å². The van der Waals surface area contributed by atoms with Crippen LogP contribution in [0, 0.1) is 11.6 Å². The summed E-state index contributed by atoms with van der Waals surface area (Å²) in [6, 6.07) is 2.79. The minimum Gasteiger partial charge on any atom is -0.397 e. The van der Waals surface area contributed by atoms with Crippen LogP contribution in [0.1, 0.15) is 32.6 Å². The molecule has 1 fully saturated rings. The molecule has 0 aliphatic carbocycles. The number of nitrogen functional groups attached to an aromatic ring is 1. The number of anilines is 2. The lowest BCUT2D eigenvalue weighted by Gasteiger charge is -2.37. The van der Waals surface area contributed by atoms with E-state index in [1.54, 1.807) is 0 Å². The second-order valence-electron chi connectivity index (χ2n) is 4.55. The first-order valence-electron chi connectivity index (χ1n) is 6.15. The van der Waals surface area contributed by atoms with Gasteiger partial charge < -0.3 is 10.6 Å². The Balaban J connectivity index is 2.41. The van der Waals surface area contributed by atoms with Crippen LogP contribution in [-0.4, -0.2) is 12.6 Å². The third-order valence-corrected chi connectivity index (χ3v) is 3.49. The van der Waals surface area contributed by atoms with Crippen molar-refractivity contribution >= 4 is 11.4 Å². The Labute approximate surface area is 100 Å². The second-order valence-corrected chi connectivity index (χ2v) is 4.55. The predicted molar refractivity (Wildman–Crippen MR) is 66.0 cm³/mol. The third kappa shape index (κ3) is 2.21. The number of rotatable bonds is 2. The van der Waals surface area contributed by atoms with Crippen LogP contribution in [0.5, 0.6) is 0 Å². The van der Waals surface area contributed by atoms with Gasteiger partial charge in [-0.2, -0.15) is 0 Å². The van der Waals surface area contributed by atoms with Crippen LogP contribution >= 0.6 is 0 Å². The van der Waals surface area contributed by atoms with Crippen molar-refractivity contribution in [2.75, 3.05) is 17.2 Å². The first-order chi connectivity index (χ1) is 8.15. The lowest BCUT2D eigenvalue weighted by Crippen LogP contribution is -2.40. The molecule has 2 rings (SSSR count). The maximum absolute atomic E-state index is 13.9. The number of benzene rings is 1. The number of nitrogens with zero attached hydrogens (tertiary/aromatic N) is 1. The number of hydrogen-bond donors (Lipinski definition) is 1. The number of halogens is 2. The van der Waals surface area contributed by atoms with Gasteiger partial charge in [0.25, 0.3) is 0 Å². The van der Waals surface area contributed by atoms with E-state index in [4.69, 9.17) is 5.73 Å². The van der Waals surface area contributed by atoms with Gasteiger partial charge in [0.15, 0.2) is 11.6 Å². The predicted octanol–water partition coefficient (Wildman–Crippen LogP) is 3.32. The summed E-state index contributed by atoms with van der Waals surface area (Å²) >= 11 is 0. The summed E-state index contributed by atoms with van der Waals surface area (Å²) in [4.78, 5) is 1.93. The Hall–Kier alpha value is -1.32. The Kier molecular flexibility index (Phi) is 3.50.